The summed E-state index contributed by atoms with van der Waals surface area (Å²) in [4.78, 5) is 38.0. The molecule has 1 fully saturated rings. The SMILES string of the molecule is CCCNC(=O)[C@H]1CC(=O)N(c2ccc(OCC(=O)Nc3cccc(C(F)(F)F)c3)cc2)C1. The normalized spacial score (nSPS) is 15.9. The Morgan fingerprint density at radius 3 is 2.55 bits per heavy atom. The van der Waals surface area contributed by atoms with Crippen LogP contribution < -0.4 is 20.3 Å². The number of nitrogens with one attached hydrogen (secondary N) is 2. The van der Waals surface area contributed by atoms with Gasteiger partial charge in [-0.05, 0) is 48.9 Å². The van der Waals surface area contributed by atoms with E-state index in [1.54, 1.807) is 24.3 Å². The molecule has 176 valence electrons. The van der Waals surface area contributed by atoms with Crippen LogP contribution in [0.2, 0.25) is 0 Å². The molecule has 0 saturated carbocycles. The van der Waals surface area contributed by atoms with Gasteiger partial charge in [-0.3, -0.25) is 14.4 Å². The Morgan fingerprint density at radius 2 is 1.88 bits per heavy atom. The molecule has 1 heterocycles. The van der Waals surface area contributed by atoms with E-state index in [0.29, 0.717) is 18.0 Å². The summed E-state index contributed by atoms with van der Waals surface area (Å²) in [6.45, 7) is 2.40. The first-order valence-electron chi connectivity index (χ1n) is 10.5. The van der Waals surface area contributed by atoms with Gasteiger partial charge in [-0.25, -0.2) is 0 Å². The second-order valence-electron chi connectivity index (χ2n) is 7.61. The number of ether oxygens (including phenoxy) is 1. The molecule has 2 N–H and O–H groups in total. The smallest absolute Gasteiger partial charge is 0.416 e. The van der Waals surface area contributed by atoms with Gasteiger partial charge in [0, 0.05) is 30.9 Å². The van der Waals surface area contributed by atoms with Crippen molar-refractivity contribution in [3.63, 3.8) is 0 Å². The Kier molecular flexibility index (Phi) is 7.57. The van der Waals surface area contributed by atoms with Crippen molar-refractivity contribution in [1.82, 2.24) is 5.32 Å². The summed E-state index contributed by atoms with van der Waals surface area (Å²) in [6, 6.07) is 10.7. The van der Waals surface area contributed by atoms with Gasteiger partial charge in [-0.1, -0.05) is 13.0 Å². The van der Waals surface area contributed by atoms with E-state index in [2.05, 4.69) is 10.6 Å². The Morgan fingerprint density at radius 1 is 1.15 bits per heavy atom. The number of hydrogen-bond donors (Lipinski definition) is 2. The summed E-state index contributed by atoms with van der Waals surface area (Å²) in [5.74, 6) is -0.962. The molecule has 0 bridgehead atoms. The van der Waals surface area contributed by atoms with Gasteiger partial charge < -0.3 is 20.3 Å². The maximum atomic E-state index is 12.8. The van der Waals surface area contributed by atoms with Crippen molar-refractivity contribution < 1.29 is 32.3 Å². The predicted molar refractivity (Wildman–Crippen MR) is 116 cm³/mol. The van der Waals surface area contributed by atoms with Crippen molar-refractivity contribution in [2.45, 2.75) is 25.9 Å². The largest absolute Gasteiger partial charge is 0.484 e. The lowest BCUT2D eigenvalue weighted by Gasteiger charge is -2.17. The zero-order valence-electron chi connectivity index (χ0n) is 17.9. The number of halogens is 3. The number of rotatable bonds is 8. The molecule has 0 unspecified atom stereocenters. The molecule has 3 rings (SSSR count). The molecule has 1 saturated heterocycles. The molecule has 0 aliphatic carbocycles. The second-order valence-corrected chi connectivity index (χ2v) is 7.61. The van der Waals surface area contributed by atoms with E-state index in [1.165, 1.54) is 17.0 Å². The fourth-order valence-electron chi connectivity index (χ4n) is 3.37. The number of benzene rings is 2. The van der Waals surface area contributed by atoms with E-state index in [4.69, 9.17) is 4.74 Å². The minimum Gasteiger partial charge on any atom is -0.484 e. The van der Waals surface area contributed by atoms with E-state index in [1.807, 2.05) is 6.92 Å². The summed E-state index contributed by atoms with van der Waals surface area (Å²) in [5, 5.41) is 5.16. The molecule has 1 atom stereocenters. The number of anilines is 2. The molecule has 10 heteroatoms. The van der Waals surface area contributed by atoms with Crippen LogP contribution in [0.4, 0.5) is 24.5 Å². The lowest BCUT2D eigenvalue weighted by Crippen LogP contribution is -2.33. The van der Waals surface area contributed by atoms with Crippen LogP contribution >= 0.6 is 0 Å². The van der Waals surface area contributed by atoms with Gasteiger partial charge in [0.2, 0.25) is 11.8 Å². The first-order valence-corrected chi connectivity index (χ1v) is 10.5. The van der Waals surface area contributed by atoms with Crippen molar-refractivity contribution in [1.29, 1.82) is 0 Å². The number of carbonyl (C=O) groups excluding carboxylic acids is 3. The Balaban J connectivity index is 1.52. The van der Waals surface area contributed by atoms with Crippen LogP contribution in [0.5, 0.6) is 5.75 Å². The third kappa shape index (κ3) is 6.47. The van der Waals surface area contributed by atoms with E-state index in [-0.39, 0.29) is 30.5 Å². The third-order valence-corrected chi connectivity index (χ3v) is 5.04. The standard InChI is InChI=1S/C23H24F3N3O4/c1-2-10-27-22(32)15-11-21(31)29(13-15)18-6-8-19(9-7-18)33-14-20(30)28-17-5-3-4-16(12-17)23(24,25)26/h3-9,12,15H,2,10-11,13-14H2,1H3,(H,27,32)(H,28,30)/t15-/m0/s1. The van der Waals surface area contributed by atoms with Gasteiger partial charge >= 0.3 is 6.18 Å². The zero-order valence-corrected chi connectivity index (χ0v) is 17.9. The second kappa shape index (κ2) is 10.4. The quantitative estimate of drug-likeness (QED) is 0.626. The van der Waals surface area contributed by atoms with E-state index in [0.717, 1.165) is 18.6 Å². The van der Waals surface area contributed by atoms with Gasteiger partial charge in [0.25, 0.3) is 5.91 Å². The molecule has 2 aromatic rings. The highest BCUT2D eigenvalue weighted by Gasteiger charge is 2.35. The molecule has 2 aromatic carbocycles. The lowest BCUT2D eigenvalue weighted by molar-refractivity contribution is -0.137. The maximum Gasteiger partial charge on any atom is 0.416 e. The minimum absolute atomic E-state index is 0.0128. The molecule has 33 heavy (non-hydrogen) atoms. The van der Waals surface area contributed by atoms with Crippen LogP contribution in [0.25, 0.3) is 0 Å². The fourth-order valence-corrected chi connectivity index (χ4v) is 3.37. The molecule has 0 spiro atoms. The Labute approximate surface area is 188 Å². The van der Waals surface area contributed by atoms with E-state index >= 15 is 0 Å². The third-order valence-electron chi connectivity index (χ3n) is 5.04. The van der Waals surface area contributed by atoms with Crippen molar-refractivity contribution in [3.05, 3.63) is 54.1 Å². The molecule has 1 aliphatic heterocycles. The van der Waals surface area contributed by atoms with Gasteiger partial charge in [-0.15, -0.1) is 0 Å². The van der Waals surface area contributed by atoms with Crippen molar-refractivity contribution in [3.8, 4) is 5.75 Å². The van der Waals surface area contributed by atoms with E-state index < -0.39 is 30.2 Å². The van der Waals surface area contributed by atoms with Crippen LogP contribution in [0, 0.1) is 5.92 Å². The summed E-state index contributed by atoms with van der Waals surface area (Å²) in [6.07, 6.45) is -3.55. The Hall–Kier alpha value is -3.56. The number of nitrogens with zero attached hydrogens (tertiary/aromatic N) is 1. The first kappa shape index (κ1) is 24.1. The molecular weight excluding hydrogens is 439 g/mol. The summed E-state index contributed by atoms with van der Waals surface area (Å²) >= 11 is 0. The summed E-state index contributed by atoms with van der Waals surface area (Å²) in [5.41, 5.74) is -0.247. The molecule has 1 aliphatic rings. The molecule has 7 nitrogen and oxygen atoms in total. The average Bonchev–Trinajstić information content (AvgIpc) is 3.17. The average molecular weight is 463 g/mol. The van der Waals surface area contributed by atoms with Crippen molar-refractivity contribution in [2.24, 2.45) is 5.92 Å². The topological polar surface area (TPSA) is 87.7 Å². The Bertz CT molecular complexity index is 1010. The van der Waals surface area contributed by atoms with Gasteiger partial charge in [-0.2, -0.15) is 13.2 Å². The van der Waals surface area contributed by atoms with Crippen LogP contribution in [-0.4, -0.2) is 37.4 Å². The first-order chi connectivity index (χ1) is 15.7. The summed E-state index contributed by atoms with van der Waals surface area (Å²) < 4.78 is 43.7. The van der Waals surface area contributed by atoms with Crippen molar-refractivity contribution >= 4 is 29.1 Å². The molecule has 3 amide bonds. The van der Waals surface area contributed by atoms with Crippen molar-refractivity contribution in [2.75, 3.05) is 29.9 Å². The van der Waals surface area contributed by atoms with E-state index in [9.17, 15) is 27.6 Å². The number of hydrogen-bond acceptors (Lipinski definition) is 4. The number of carbonyl (C=O) groups is 3. The molecule has 0 aromatic heterocycles. The maximum absolute atomic E-state index is 12.8. The monoisotopic (exact) mass is 463 g/mol. The highest BCUT2D eigenvalue weighted by atomic mass is 19.4. The summed E-state index contributed by atoms with van der Waals surface area (Å²) in [7, 11) is 0. The fraction of sp³-hybridized carbons (Fsp3) is 0.348. The van der Waals surface area contributed by atoms with Gasteiger partial charge in [0.05, 0.1) is 11.5 Å². The van der Waals surface area contributed by atoms with Gasteiger partial charge in [0.1, 0.15) is 5.75 Å². The predicted octanol–water partition coefficient (Wildman–Crippen LogP) is 3.60. The van der Waals surface area contributed by atoms with Crippen LogP contribution in [0.1, 0.15) is 25.3 Å². The zero-order chi connectivity index (χ0) is 24.0. The number of amides is 3. The van der Waals surface area contributed by atoms with Crippen LogP contribution in [0.3, 0.4) is 0 Å². The number of alkyl halides is 3. The molecule has 0 radical (unpaired) electrons. The lowest BCUT2D eigenvalue weighted by atomic mass is 10.1. The van der Waals surface area contributed by atoms with Gasteiger partial charge in [0.15, 0.2) is 6.61 Å². The highest BCUT2D eigenvalue weighted by molar-refractivity contribution is 6.00. The molecular formula is C23H24F3N3O4. The van der Waals surface area contributed by atoms with Crippen LogP contribution in [0.15, 0.2) is 48.5 Å². The van der Waals surface area contributed by atoms with Crippen LogP contribution in [-0.2, 0) is 20.6 Å². The minimum atomic E-state index is -4.50. The highest BCUT2D eigenvalue weighted by Crippen LogP contribution is 2.31.